The van der Waals surface area contributed by atoms with E-state index >= 15 is 0 Å². The van der Waals surface area contributed by atoms with E-state index in [1.807, 2.05) is 49.1 Å². The Morgan fingerprint density at radius 1 is 1.03 bits per heavy atom. The first-order chi connectivity index (χ1) is 17.7. The van der Waals surface area contributed by atoms with Crippen LogP contribution in [0.1, 0.15) is 36.2 Å². The van der Waals surface area contributed by atoms with Crippen molar-refractivity contribution in [1.29, 1.82) is 0 Å². The Balaban J connectivity index is 1.70. The molecule has 0 aromatic heterocycles. The largest absolute Gasteiger partial charge is 0.493 e. The van der Waals surface area contributed by atoms with Gasteiger partial charge in [0.25, 0.3) is 5.91 Å². The zero-order valence-corrected chi connectivity index (χ0v) is 23.1. The summed E-state index contributed by atoms with van der Waals surface area (Å²) in [6, 6.07) is 14.4. The van der Waals surface area contributed by atoms with Crippen LogP contribution in [0.4, 0.5) is 0 Å². The average molecular weight is 533 g/mol. The molecule has 1 aliphatic heterocycles. The Morgan fingerprint density at radius 3 is 2.43 bits per heavy atom. The van der Waals surface area contributed by atoms with Crippen LogP contribution in [0.15, 0.2) is 48.5 Å². The lowest BCUT2D eigenvalue weighted by atomic mass is 9.96. The minimum atomic E-state index is -3.29. The lowest BCUT2D eigenvalue weighted by Gasteiger charge is -2.31. The maximum atomic E-state index is 13.6. The van der Waals surface area contributed by atoms with Crippen LogP contribution in [0.3, 0.4) is 0 Å². The van der Waals surface area contributed by atoms with Crippen molar-refractivity contribution in [3.05, 3.63) is 59.7 Å². The third-order valence-electron chi connectivity index (χ3n) is 6.65. The lowest BCUT2D eigenvalue weighted by molar-refractivity contribution is 0.0665. The van der Waals surface area contributed by atoms with Crippen molar-refractivity contribution in [3.63, 3.8) is 0 Å². The van der Waals surface area contributed by atoms with Crippen LogP contribution in [0.5, 0.6) is 11.5 Å². The van der Waals surface area contributed by atoms with E-state index < -0.39 is 9.84 Å². The maximum Gasteiger partial charge on any atom is 0.254 e. The molecule has 8 nitrogen and oxygen atoms in total. The molecule has 2 atom stereocenters. The highest BCUT2D eigenvalue weighted by Gasteiger charge is 2.34. The molecule has 0 radical (unpaired) electrons. The molecule has 0 spiro atoms. The summed E-state index contributed by atoms with van der Waals surface area (Å²) in [5.41, 5.74) is 1.30. The van der Waals surface area contributed by atoms with Crippen molar-refractivity contribution >= 4 is 15.7 Å². The third kappa shape index (κ3) is 8.45. The first-order valence-electron chi connectivity index (χ1n) is 12.8. The Labute approximate surface area is 221 Å². The second-order valence-corrected chi connectivity index (χ2v) is 11.9. The fourth-order valence-corrected chi connectivity index (χ4v) is 6.52. The number of hydrogen-bond donors (Lipinski definition) is 1. The van der Waals surface area contributed by atoms with Gasteiger partial charge < -0.3 is 24.4 Å². The molecule has 1 aliphatic rings. The second-order valence-electron chi connectivity index (χ2n) is 9.83. The zero-order valence-electron chi connectivity index (χ0n) is 22.3. The van der Waals surface area contributed by atoms with Gasteiger partial charge in [-0.25, -0.2) is 8.42 Å². The SMILES string of the molecule is COCCCOc1cc(C(=O)N(CC2CNC[C@H]2CS(=O)(=O)Cc2ccccc2)C(C)C)ccc1OC. The molecule has 0 bridgehead atoms. The van der Waals surface area contributed by atoms with Gasteiger partial charge in [-0.15, -0.1) is 0 Å². The Morgan fingerprint density at radius 2 is 1.76 bits per heavy atom. The van der Waals surface area contributed by atoms with Gasteiger partial charge in [0.15, 0.2) is 21.3 Å². The molecule has 204 valence electrons. The van der Waals surface area contributed by atoms with E-state index in [-0.39, 0.29) is 35.3 Å². The fourth-order valence-electron chi connectivity index (χ4n) is 4.66. The first kappa shape index (κ1) is 28.9. The van der Waals surface area contributed by atoms with Gasteiger partial charge in [-0.3, -0.25) is 4.79 Å². The summed E-state index contributed by atoms with van der Waals surface area (Å²) in [7, 11) is -0.0785. The minimum absolute atomic E-state index is 0.0306. The number of carbonyl (C=O) groups is 1. The quantitative estimate of drug-likeness (QED) is 0.373. The molecule has 1 N–H and O–H groups in total. The van der Waals surface area contributed by atoms with Crippen molar-refractivity contribution in [2.45, 2.75) is 32.1 Å². The van der Waals surface area contributed by atoms with Crippen LogP contribution in [0.25, 0.3) is 0 Å². The van der Waals surface area contributed by atoms with Crippen molar-refractivity contribution < 1.29 is 27.4 Å². The number of carbonyl (C=O) groups excluding carboxylic acids is 1. The van der Waals surface area contributed by atoms with E-state index in [0.29, 0.717) is 49.9 Å². The standard InChI is InChI=1S/C28H40N2O6S/c1-21(2)30(28(31)23-11-12-26(35-4)27(15-23)36-14-8-13-34-3)18-24-16-29-17-25(24)20-37(32,33)19-22-9-6-5-7-10-22/h5-7,9-12,15,21,24-25,29H,8,13-14,16-20H2,1-4H3/t24?,25-/m0/s1. The number of nitrogens with zero attached hydrogens (tertiary/aromatic N) is 1. The number of benzene rings is 2. The maximum absolute atomic E-state index is 13.6. The van der Waals surface area contributed by atoms with Gasteiger partial charge in [0.1, 0.15) is 0 Å². The van der Waals surface area contributed by atoms with Gasteiger partial charge in [-0.1, -0.05) is 30.3 Å². The van der Waals surface area contributed by atoms with Crippen molar-refractivity contribution in [1.82, 2.24) is 10.2 Å². The normalized spacial score (nSPS) is 17.6. The molecule has 2 aromatic carbocycles. The van der Waals surface area contributed by atoms with Gasteiger partial charge in [-0.05, 0) is 56.0 Å². The number of nitrogens with one attached hydrogen (secondary N) is 1. The molecular formula is C28H40N2O6S. The predicted molar refractivity (Wildman–Crippen MR) is 145 cm³/mol. The first-order valence-corrected chi connectivity index (χ1v) is 14.6. The van der Waals surface area contributed by atoms with Gasteiger partial charge in [-0.2, -0.15) is 0 Å². The van der Waals surface area contributed by atoms with Crippen LogP contribution in [-0.2, 0) is 20.3 Å². The molecular weight excluding hydrogens is 492 g/mol. The summed E-state index contributed by atoms with van der Waals surface area (Å²) < 4.78 is 42.3. The van der Waals surface area contributed by atoms with Crippen molar-refractivity contribution in [2.75, 3.05) is 52.8 Å². The molecule has 0 saturated carbocycles. The van der Waals surface area contributed by atoms with E-state index in [2.05, 4.69) is 5.32 Å². The van der Waals surface area contributed by atoms with Gasteiger partial charge in [0.2, 0.25) is 0 Å². The van der Waals surface area contributed by atoms with Crippen LogP contribution < -0.4 is 14.8 Å². The Hall–Kier alpha value is -2.62. The summed E-state index contributed by atoms with van der Waals surface area (Å²) in [5, 5.41) is 3.34. The zero-order chi connectivity index (χ0) is 26.8. The third-order valence-corrected chi connectivity index (χ3v) is 8.36. The fraction of sp³-hybridized carbons (Fsp3) is 0.536. The molecule has 1 saturated heterocycles. The molecule has 1 amide bonds. The number of sulfone groups is 1. The van der Waals surface area contributed by atoms with Gasteiger partial charge in [0, 0.05) is 44.8 Å². The topological polar surface area (TPSA) is 94.2 Å². The van der Waals surface area contributed by atoms with Crippen LogP contribution in [0.2, 0.25) is 0 Å². The molecule has 3 rings (SSSR count). The molecule has 1 heterocycles. The highest BCUT2D eigenvalue weighted by molar-refractivity contribution is 7.90. The molecule has 9 heteroatoms. The number of ether oxygens (including phenoxy) is 3. The molecule has 1 unspecified atom stereocenters. The summed E-state index contributed by atoms with van der Waals surface area (Å²) in [4.78, 5) is 15.4. The summed E-state index contributed by atoms with van der Waals surface area (Å²) in [5.74, 6) is 1.08. The van der Waals surface area contributed by atoms with Gasteiger partial charge in [0.05, 0.1) is 25.2 Å². The highest BCUT2D eigenvalue weighted by Crippen LogP contribution is 2.30. The molecule has 37 heavy (non-hydrogen) atoms. The van der Waals surface area contributed by atoms with Gasteiger partial charge >= 0.3 is 0 Å². The molecule has 0 aliphatic carbocycles. The number of hydrogen-bond acceptors (Lipinski definition) is 7. The van der Waals surface area contributed by atoms with Crippen LogP contribution >= 0.6 is 0 Å². The summed E-state index contributed by atoms with van der Waals surface area (Å²) in [6.45, 7) is 6.77. The minimum Gasteiger partial charge on any atom is -0.493 e. The number of methoxy groups -OCH3 is 2. The summed E-state index contributed by atoms with van der Waals surface area (Å²) >= 11 is 0. The monoisotopic (exact) mass is 532 g/mol. The smallest absolute Gasteiger partial charge is 0.254 e. The molecule has 2 aromatic rings. The predicted octanol–water partition coefficient (Wildman–Crippen LogP) is 3.41. The van der Waals surface area contributed by atoms with E-state index in [1.165, 1.54) is 0 Å². The van der Waals surface area contributed by atoms with E-state index in [4.69, 9.17) is 14.2 Å². The average Bonchev–Trinajstić information content (AvgIpc) is 3.30. The van der Waals surface area contributed by atoms with Crippen molar-refractivity contribution in [3.8, 4) is 11.5 Å². The lowest BCUT2D eigenvalue weighted by Crippen LogP contribution is -2.42. The van der Waals surface area contributed by atoms with Crippen LogP contribution in [0, 0.1) is 11.8 Å². The van der Waals surface area contributed by atoms with E-state index in [9.17, 15) is 13.2 Å². The number of rotatable bonds is 14. The molecule has 1 fully saturated rings. The highest BCUT2D eigenvalue weighted by atomic mass is 32.2. The summed E-state index contributed by atoms with van der Waals surface area (Å²) in [6.07, 6.45) is 0.721. The van der Waals surface area contributed by atoms with E-state index in [0.717, 1.165) is 12.0 Å². The second kappa shape index (κ2) is 13.8. The Bertz CT molecular complexity index is 1110. The van der Waals surface area contributed by atoms with Crippen molar-refractivity contribution in [2.24, 2.45) is 11.8 Å². The van der Waals surface area contributed by atoms with E-state index in [1.54, 1.807) is 32.4 Å². The van der Waals surface area contributed by atoms with Crippen LogP contribution in [-0.4, -0.2) is 78.1 Å². The Kier molecular flexibility index (Phi) is 10.8. The number of amides is 1.